The number of rotatable bonds is 37. The van der Waals surface area contributed by atoms with Gasteiger partial charge in [-0.3, -0.25) is 14.2 Å². The second-order valence-corrected chi connectivity index (χ2v) is 16.5. The van der Waals surface area contributed by atoms with Crippen molar-refractivity contribution in [3.63, 3.8) is 0 Å². The van der Waals surface area contributed by atoms with Gasteiger partial charge in [-0.05, 0) is 57.8 Å². The van der Waals surface area contributed by atoms with E-state index < -0.39 is 32.5 Å². The molecule has 0 aliphatic carbocycles. The van der Waals surface area contributed by atoms with Crippen LogP contribution in [0.4, 0.5) is 0 Å². The molecule has 10 heteroatoms. The van der Waals surface area contributed by atoms with E-state index in [9.17, 15) is 19.0 Å². The topological polar surface area (TPSA) is 111 Å². The molecule has 2 unspecified atom stereocenters. The molecule has 9 nitrogen and oxygen atoms in total. The summed E-state index contributed by atoms with van der Waals surface area (Å²) in [7, 11) is 1.11. The van der Waals surface area contributed by atoms with Crippen LogP contribution in [0.15, 0.2) is 72.9 Å². The second-order valence-electron chi connectivity index (χ2n) is 15.1. The summed E-state index contributed by atoms with van der Waals surface area (Å²) in [6.07, 6.45) is 45.1. The summed E-state index contributed by atoms with van der Waals surface area (Å²) >= 11 is 0. The molecule has 0 saturated heterocycles. The number of quaternary nitrogens is 1. The number of phosphoric acid groups is 1. The maximum absolute atomic E-state index is 12.6. The van der Waals surface area contributed by atoms with Crippen LogP contribution in [0.25, 0.3) is 0 Å². The largest absolute Gasteiger partial charge is 0.756 e. The SMILES string of the molecule is CC/C=C/C=C/C=C/C=C/CCCCCC(=O)OC(COC(=O)CCCCCCC/C=C/C=C/CCCCCCCCC)COP(=O)([O-])OCC[N+](C)(C)C. The van der Waals surface area contributed by atoms with Gasteiger partial charge in [0.1, 0.15) is 19.8 Å². The molecule has 0 fully saturated rings. The normalized spacial score (nSPS) is 14.4. The van der Waals surface area contributed by atoms with Gasteiger partial charge < -0.3 is 27.9 Å². The summed E-state index contributed by atoms with van der Waals surface area (Å²) in [4.78, 5) is 37.4. The van der Waals surface area contributed by atoms with Crippen LogP contribution in [0.3, 0.4) is 0 Å². The lowest BCUT2D eigenvalue weighted by Crippen LogP contribution is -2.37. The van der Waals surface area contributed by atoms with E-state index in [2.05, 4.69) is 50.3 Å². The minimum atomic E-state index is -4.64. The van der Waals surface area contributed by atoms with Crippen molar-refractivity contribution in [3.8, 4) is 0 Å². The van der Waals surface area contributed by atoms with Gasteiger partial charge >= 0.3 is 11.9 Å². The van der Waals surface area contributed by atoms with Gasteiger partial charge in [0.2, 0.25) is 0 Å². The summed E-state index contributed by atoms with van der Waals surface area (Å²) in [5.74, 6) is -0.905. The van der Waals surface area contributed by atoms with Crippen molar-refractivity contribution in [3.05, 3.63) is 72.9 Å². The number of allylic oxidation sites excluding steroid dienone is 12. The zero-order chi connectivity index (χ0) is 40.7. The molecule has 0 spiro atoms. The number of nitrogens with zero attached hydrogens (tertiary/aromatic N) is 1. The Hall–Kier alpha value is -2.55. The van der Waals surface area contributed by atoms with Gasteiger partial charge in [0.05, 0.1) is 27.7 Å². The average Bonchev–Trinajstić information content (AvgIpc) is 3.13. The van der Waals surface area contributed by atoms with E-state index in [0.717, 1.165) is 64.2 Å². The third kappa shape index (κ3) is 40.9. The molecule has 0 aromatic heterocycles. The molecule has 0 aliphatic heterocycles. The van der Waals surface area contributed by atoms with Crippen molar-refractivity contribution in [1.29, 1.82) is 0 Å². The van der Waals surface area contributed by atoms with Crippen LogP contribution in [0, 0.1) is 0 Å². The van der Waals surface area contributed by atoms with Crippen molar-refractivity contribution < 1.29 is 42.1 Å². The molecule has 0 aromatic carbocycles. The van der Waals surface area contributed by atoms with Crippen LogP contribution in [-0.4, -0.2) is 70.0 Å². The highest BCUT2D eigenvalue weighted by Gasteiger charge is 2.21. The Morgan fingerprint density at radius 3 is 1.58 bits per heavy atom. The van der Waals surface area contributed by atoms with Gasteiger partial charge in [-0.1, -0.05) is 151 Å². The third-order valence-electron chi connectivity index (χ3n) is 8.58. The lowest BCUT2D eigenvalue weighted by molar-refractivity contribution is -0.870. The smallest absolute Gasteiger partial charge is 0.306 e. The van der Waals surface area contributed by atoms with Crippen molar-refractivity contribution in [2.45, 2.75) is 155 Å². The molecular formula is C45H78NO8P. The Labute approximate surface area is 336 Å². The maximum atomic E-state index is 12.6. The third-order valence-corrected chi connectivity index (χ3v) is 9.55. The number of esters is 2. The van der Waals surface area contributed by atoms with E-state index in [-0.39, 0.29) is 26.1 Å². The Bertz CT molecular complexity index is 1170. The van der Waals surface area contributed by atoms with Crippen LogP contribution in [0.1, 0.15) is 149 Å². The van der Waals surface area contributed by atoms with E-state index in [1.165, 1.54) is 44.9 Å². The first kappa shape index (κ1) is 52.5. The quantitative estimate of drug-likeness (QED) is 0.0201. The fourth-order valence-corrected chi connectivity index (χ4v) is 5.97. The van der Waals surface area contributed by atoms with Crippen molar-refractivity contribution >= 4 is 19.8 Å². The molecule has 2 atom stereocenters. The fourth-order valence-electron chi connectivity index (χ4n) is 5.24. The Morgan fingerprint density at radius 1 is 0.582 bits per heavy atom. The zero-order valence-electron chi connectivity index (χ0n) is 35.3. The number of phosphoric ester groups is 1. The van der Waals surface area contributed by atoms with Crippen molar-refractivity contribution in [2.75, 3.05) is 47.5 Å². The minimum Gasteiger partial charge on any atom is -0.756 e. The van der Waals surface area contributed by atoms with Crippen LogP contribution in [-0.2, 0) is 32.7 Å². The summed E-state index contributed by atoms with van der Waals surface area (Å²) in [5.41, 5.74) is 0. The monoisotopic (exact) mass is 792 g/mol. The molecule has 0 heterocycles. The van der Waals surface area contributed by atoms with E-state index in [1.807, 2.05) is 57.6 Å². The van der Waals surface area contributed by atoms with Crippen LogP contribution in [0.2, 0.25) is 0 Å². The summed E-state index contributed by atoms with van der Waals surface area (Å²) in [5, 5.41) is 0. The molecule has 0 aromatic rings. The molecule has 0 amide bonds. The van der Waals surface area contributed by atoms with Crippen molar-refractivity contribution in [2.24, 2.45) is 0 Å². The van der Waals surface area contributed by atoms with Gasteiger partial charge in [-0.2, -0.15) is 0 Å². The second kappa shape index (κ2) is 37.1. The van der Waals surface area contributed by atoms with Gasteiger partial charge in [-0.15, -0.1) is 0 Å². The Balaban J connectivity index is 4.46. The van der Waals surface area contributed by atoms with E-state index in [0.29, 0.717) is 23.9 Å². The first-order chi connectivity index (χ1) is 26.5. The Morgan fingerprint density at radius 2 is 1.04 bits per heavy atom. The predicted molar refractivity (Wildman–Crippen MR) is 226 cm³/mol. The molecule has 0 aliphatic rings. The first-order valence-electron chi connectivity index (χ1n) is 21.2. The van der Waals surface area contributed by atoms with Crippen LogP contribution in [0.5, 0.6) is 0 Å². The molecule has 0 bridgehead atoms. The lowest BCUT2D eigenvalue weighted by Gasteiger charge is -2.28. The molecule has 316 valence electrons. The summed E-state index contributed by atoms with van der Waals surface area (Å²) < 4.78 is 33.8. The molecule has 0 rings (SSSR count). The van der Waals surface area contributed by atoms with Crippen LogP contribution < -0.4 is 4.89 Å². The fraction of sp³-hybridized carbons (Fsp3) is 0.689. The molecule has 0 radical (unpaired) electrons. The predicted octanol–water partition coefficient (Wildman–Crippen LogP) is 11.2. The highest BCUT2D eigenvalue weighted by atomic mass is 31.2. The van der Waals surface area contributed by atoms with Crippen LogP contribution >= 0.6 is 7.82 Å². The number of carbonyl (C=O) groups is 2. The van der Waals surface area contributed by atoms with Gasteiger partial charge in [0.15, 0.2) is 6.10 Å². The Kier molecular flexibility index (Phi) is 35.3. The first-order valence-corrected chi connectivity index (χ1v) is 22.7. The number of carbonyl (C=O) groups excluding carboxylic acids is 2. The van der Waals surface area contributed by atoms with Crippen molar-refractivity contribution in [1.82, 2.24) is 0 Å². The van der Waals surface area contributed by atoms with E-state index in [4.69, 9.17) is 18.5 Å². The summed E-state index contributed by atoms with van der Waals surface area (Å²) in [6.45, 7) is 3.99. The summed E-state index contributed by atoms with van der Waals surface area (Å²) in [6, 6.07) is 0. The zero-order valence-corrected chi connectivity index (χ0v) is 36.2. The van der Waals surface area contributed by atoms with Gasteiger partial charge in [-0.25, -0.2) is 0 Å². The highest BCUT2D eigenvalue weighted by molar-refractivity contribution is 7.45. The van der Waals surface area contributed by atoms with Gasteiger partial charge in [0, 0.05) is 12.8 Å². The minimum absolute atomic E-state index is 0.0453. The standard InChI is InChI=1S/C45H78NO8P/c1-6-8-10-12-14-16-18-20-21-22-23-24-26-27-29-31-33-35-37-44(47)51-41-43(42-53-55(49,50)52-40-39-46(3,4)5)54-45(48)38-36-34-32-30-28-25-19-17-15-13-11-9-7-2/h9,11,13,15,17,19,21-25,28,43H,6-8,10,12,14,16,18,20,26-27,29-42H2,1-5H3/b11-9+,15-13+,19-17+,22-21+,24-23+,28-25+. The lowest BCUT2D eigenvalue weighted by atomic mass is 10.1. The van der Waals surface area contributed by atoms with E-state index in [1.54, 1.807) is 0 Å². The van der Waals surface area contributed by atoms with Gasteiger partial charge in [0.25, 0.3) is 7.82 Å². The van der Waals surface area contributed by atoms with E-state index >= 15 is 0 Å². The number of hydrogen-bond acceptors (Lipinski definition) is 8. The highest BCUT2D eigenvalue weighted by Crippen LogP contribution is 2.38. The molecular weight excluding hydrogens is 713 g/mol. The molecule has 0 saturated carbocycles. The number of unbranched alkanes of at least 4 members (excludes halogenated alkanes) is 15. The number of hydrogen-bond donors (Lipinski definition) is 0. The maximum Gasteiger partial charge on any atom is 0.306 e. The number of likely N-dealkylation sites (N-methyl/N-ethyl adjacent to an activating group) is 1. The molecule has 55 heavy (non-hydrogen) atoms. The average molecular weight is 792 g/mol. The number of ether oxygens (including phenoxy) is 2. The molecule has 0 N–H and O–H groups in total.